The van der Waals surface area contributed by atoms with Gasteiger partial charge < -0.3 is 15.5 Å². The van der Waals surface area contributed by atoms with Crippen LogP contribution < -0.4 is 10.6 Å². The summed E-state index contributed by atoms with van der Waals surface area (Å²) in [6.07, 6.45) is 2.48. The molecular formula is C25H30N4O3. The first-order chi connectivity index (χ1) is 15.5. The third-order valence-corrected chi connectivity index (χ3v) is 6.02. The van der Waals surface area contributed by atoms with Gasteiger partial charge in [0.1, 0.15) is 0 Å². The van der Waals surface area contributed by atoms with E-state index in [1.165, 1.54) is 0 Å². The van der Waals surface area contributed by atoms with Crippen LogP contribution in [0.1, 0.15) is 34.3 Å². The van der Waals surface area contributed by atoms with Gasteiger partial charge in [0.2, 0.25) is 11.8 Å². The summed E-state index contributed by atoms with van der Waals surface area (Å²) >= 11 is 0. The third kappa shape index (κ3) is 5.95. The Labute approximate surface area is 188 Å². The van der Waals surface area contributed by atoms with Crippen LogP contribution in [0, 0.1) is 6.92 Å². The van der Waals surface area contributed by atoms with Crippen molar-refractivity contribution in [3.05, 3.63) is 65.2 Å². The van der Waals surface area contributed by atoms with E-state index in [1.807, 2.05) is 36.1 Å². The lowest BCUT2D eigenvalue weighted by molar-refractivity contribution is -0.132. The minimum Gasteiger partial charge on any atom is -0.349 e. The maximum atomic E-state index is 12.6. The second-order valence-corrected chi connectivity index (χ2v) is 8.64. The van der Waals surface area contributed by atoms with E-state index >= 15 is 0 Å². The lowest BCUT2D eigenvalue weighted by Gasteiger charge is -2.34. The Morgan fingerprint density at radius 1 is 0.969 bits per heavy atom. The Morgan fingerprint density at radius 3 is 2.44 bits per heavy atom. The van der Waals surface area contributed by atoms with Crippen molar-refractivity contribution in [2.75, 3.05) is 38.0 Å². The molecule has 2 aliphatic rings. The van der Waals surface area contributed by atoms with Gasteiger partial charge in [-0.2, -0.15) is 0 Å². The molecule has 1 aliphatic heterocycles. The lowest BCUT2D eigenvalue weighted by atomic mass is 10.1. The number of rotatable bonds is 7. The van der Waals surface area contributed by atoms with Crippen molar-refractivity contribution < 1.29 is 14.4 Å². The van der Waals surface area contributed by atoms with Crippen molar-refractivity contribution in [2.45, 2.75) is 32.2 Å². The van der Waals surface area contributed by atoms with E-state index in [-0.39, 0.29) is 24.3 Å². The van der Waals surface area contributed by atoms with Crippen molar-refractivity contribution in [1.29, 1.82) is 0 Å². The topological polar surface area (TPSA) is 81.8 Å². The van der Waals surface area contributed by atoms with Crippen molar-refractivity contribution in [3.63, 3.8) is 0 Å². The number of nitrogens with one attached hydrogen (secondary N) is 2. The summed E-state index contributed by atoms with van der Waals surface area (Å²) in [5.41, 5.74) is 3.36. The normalized spacial score (nSPS) is 16.5. The number of amides is 3. The molecule has 1 heterocycles. The Bertz CT molecular complexity index is 994. The molecule has 0 bridgehead atoms. The molecule has 2 fully saturated rings. The van der Waals surface area contributed by atoms with E-state index in [9.17, 15) is 14.4 Å². The van der Waals surface area contributed by atoms with E-state index in [2.05, 4.69) is 15.5 Å². The van der Waals surface area contributed by atoms with Crippen molar-refractivity contribution in [1.82, 2.24) is 15.1 Å². The van der Waals surface area contributed by atoms with Gasteiger partial charge in [-0.15, -0.1) is 0 Å². The molecule has 0 spiro atoms. The van der Waals surface area contributed by atoms with Crippen LogP contribution in [0.15, 0.2) is 48.5 Å². The highest BCUT2D eigenvalue weighted by atomic mass is 16.2. The molecule has 1 saturated heterocycles. The van der Waals surface area contributed by atoms with Crippen LogP contribution in [0.2, 0.25) is 0 Å². The van der Waals surface area contributed by atoms with Gasteiger partial charge in [-0.05, 0) is 49.1 Å². The molecule has 0 aromatic heterocycles. The first-order valence-corrected chi connectivity index (χ1v) is 11.2. The van der Waals surface area contributed by atoms with Gasteiger partial charge in [0.25, 0.3) is 5.91 Å². The lowest BCUT2D eigenvalue weighted by Crippen LogP contribution is -2.50. The zero-order chi connectivity index (χ0) is 22.5. The summed E-state index contributed by atoms with van der Waals surface area (Å²) < 4.78 is 0. The molecular weight excluding hydrogens is 404 g/mol. The molecule has 7 heteroatoms. The van der Waals surface area contributed by atoms with Crippen LogP contribution in [0.25, 0.3) is 0 Å². The fourth-order valence-corrected chi connectivity index (χ4v) is 3.88. The van der Waals surface area contributed by atoms with Crippen LogP contribution in [0.3, 0.4) is 0 Å². The number of hydrogen-bond acceptors (Lipinski definition) is 4. The van der Waals surface area contributed by atoms with Crippen LogP contribution in [-0.4, -0.2) is 66.3 Å². The quantitative estimate of drug-likeness (QED) is 0.700. The molecule has 0 atom stereocenters. The molecule has 2 aromatic carbocycles. The molecule has 168 valence electrons. The number of carbonyl (C=O) groups excluding carboxylic acids is 3. The van der Waals surface area contributed by atoms with Gasteiger partial charge in [0.05, 0.1) is 13.0 Å². The predicted molar refractivity (Wildman–Crippen MR) is 123 cm³/mol. The number of aryl methyl sites for hydroxylation is 1. The summed E-state index contributed by atoms with van der Waals surface area (Å²) in [6.45, 7) is 4.85. The molecule has 1 aliphatic carbocycles. The molecule has 7 nitrogen and oxygen atoms in total. The summed E-state index contributed by atoms with van der Waals surface area (Å²) in [7, 11) is 0. The molecule has 3 amide bonds. The highest BCUT2D eigenvalue weighted by Gasteiger charge is 2.24. The average Bonchev–Trinajstić information content (AvgIpc) is 3.60. The summed E-state index contributed by atoms with van der Waals surface area (Å²) in [5.74, 6) is -0.0933. The van der Waals surface area contributed by atoms with E-state index < -0.39 is 0 Å². The van der Waals surface area contributed by atoms with Gasteiger partial charge >= 0.3 is 0 Å². The summed E-state index contributed by atoms with van der Waals surface area (Å²) in [6, 6.07) is 15.3. The van der Waals surface area contributed by atoms with Crippen LogP contribution >= 0.6 is 0 Å². The molecule has 4 rings (SSSR count). The highest BCUT2D eigenvalue weighted by Crippen LogP contribution is 2.20. The van der Waals surface area contributed by atoms with Crippen molar-refractivity contribution in [3.8, 4) is 0 Å². The van der Waals surface area contributed by atoms with Crippen molar-refractivity contribution >= 4 is 23.4 Å². The second-order valence-electron chi connectivity index (χ2n) is 8.64. The Morgan fingerprint density at radius 2 is 1.72 bits per heavy atom. The minimum atomic E-state index is -0.121. The van der Waals surface area contributed by atoms with Gasteiger partial charge in [0.15, 0.2) is 0 Å². The standard InChI is InChI=1S/C25H30N4O3/c1-18-5-2-3-6-19(18)16-24(31)29-13-11-28(12-14-29)17-23(30)26-22-8-4-7-20(15-22)25(32)27-21-9-10-21/h2-8,15,21H,9-14,16-17H2,1H3,(H,26,30)(H,27,32). The number of benzene rings is 2. The van der Waals surface area contributed by atoms with Gasteiger partial charge in [-0.1, -0.05) is 30.3 Å². The van der Waals surface area contributed by atoms with Gasteiger partial charge in [-0.3, -0.25) is 19.3 Å². The first kappa shape index (κ1) is 22.0. The van der Waals surface area contributed by atoms with Crippen LogP contribution in [0.5, 0.6) is 0 Å². The van der Waals surface area contributed by atoms with Crippen LogP contribution in [-0.2, 0) is 16.0 Å². The van der Waals surface area contributed by atoms with Gasteiger partial charge in [-0.25, -0.2) is 0 Å². The molecule has 1 saturated carbocycles. The average molecular weight is 435 g/mol. The first-order valence-electron chi connectivity index (χ1n) is 11.2. The van der Waals surface area contributed by atoms with Gasteiger partial charge in [0, 0.05) is 43.5 Å². The molecule has 2 aromatic rings. The number of hydrogen-bond donors (Lipinski definition) is 2. The number of piperazine rings is 1. The number of nitrogens with zero attached hydrogens (tertiary/aromatic N) is 2. The highest BCUT2D eigenvalue weighted by molar-refractivity contribution is 5.97. The predicted octanol–water partition coefficient (Wildman–Crippen LogP) is 2.21. The molecule has 32 heavy (non-hydrogen) atoms. The second kappa shape index (κ2) is 9.96. The van der Waals surface area contributed by atoms with E-state index in [4.69, 9.17) is 0 Å². The Hall–Kier alpha value is -3.19. The molecule has 0 radical (unpaired) electrons. The largest absolute Gasteiger partial charge is 0.349 e. The van der Waals surface area contributed by atoms with E-state index in [0.29, 0.717) is 49.9 Å². The van der Waals surface area contributed by atoms with Crippen LogP contribution in [0.4, 0.5) is 5.69 Å². The minimum absolute atomic E-state index is 0.102. The fourth-order valence-electron chi connectivity index (χ4n) is 3.88. The third-order valence-electron chi connectivity index (χ3n) is 6.02. The van der Waals surface area contributed by atoms with E-state index in [0.717, 1.165) is 24.0 Å². The summed E-state index contributed by atoms with van der Waals surface area (Å²) in [5, 5.41) is 5.84. The maximum Gasteiger partial charge on any atom is 0.251 e. The van der Waals surface area contributed by atoms with E-state index in [1.54, 1.807) is 24.3 Å². The summed E-state index contributed by atoms with van der Waals surface area (Å²) in [4.78, 5) is 41.3. The Balaban J connectivity index is 1.23. The number of anilines is 1. The smallest absolute Gasteiger partial charge is 0.251 e. The fraction of sp³-hybridized carbons (Fsp3) is 0.400. The monoisotopic (exact) mass is 434 g/mol. The Kier molecular flexibility index (Phi) is 6.85. The maximum absolute atomic E-state index is 12.6. The zero-order valence-corrected chi connectivity index (χ0v) is 18.5. The molecule has 0 unspecified atom stereocenters. The number of carbonyl (C=O) groups is 3. The van der Waals surface area contributed by atoms with Crippen molar-refractivity contribution in [2.24, 2.45) is 0 Å². The molecule has 2 N–H and O–H groups in total. The SMILES string of the molecule is Cc1ccccc1CC(=O)N1CCN(CC(=O)Nc2cccc(C(=O)NC3CC3)c2)CC1. The zero-order valence-electron chi connectivity index (χ0n) is 18.5.